The SMILES string of the molecule is Cc1ccc(C2CNCCO2)c(Cl)n1. The Labute approximate surface area is 88.4 Å². The largest absolute Gasteiger partial charge is 0.371 e. The van der Waals surface area contributed by atoms with Crippen LogP contribution in [0.2, 0.25) is 5.15 Å². The first kappa shape index (κ1) is 9.90. The average Bonchev–Trinajstić information content (AvgIpc) is 2.19. The van der Waals surface area contributed by atoms with Gasteiger partial charge in [-0.15, -0.1) is 0 Å². The van der Waals surface area contributed by atoms with Crippen molar-refractivity contribution in [1.29, 1.82) is 0 Å². The first-order valence-electron chi connectivity index (χ1n) is 4.73. The highest BCUT2D eigenvalue weighted by Crippen LogP contribution is 2.24. The molecule has 1 aliphatic heterocycles. The summed E-state index contributed by atoms with van der Waals surface area (Å²) in [6.45, 7) is 4.38. The van der Waals surface area contributed by atoms with E-state index in [0.717, 1.165) is 31.0 Å². The van der Waals surface area contributed by atoms with Gasteiger partial charge in [0.2, 0.25) is 0 Å². The van der Waals surface area contributed by atoms with E-state index >= 15 is 0 Å². The van der Waals surface area contributed by atoms with Gasteiger partial charge in [-0.25, -0.2) is 4.98 Å². The number of ether oxygens (including phenoxy) is 1. The number of hydrogen-bond donors (Lipinski definition) is 1. The van der Waals surface area contributed by atoms with Crippen LogP contribution in [0.3, 0.4) is 0 Å². The summed E-state index contributed by atoms with van der Waals surface area (Å²) >= 11 is 6.04. The molecule has 1 saturated heterocycles. The maximum absolute atomic E-state index is 6.04. The fraction of sp³-hybridized carbons (Fsp3) is 0.500. The monoisotopic (exact) mass is 212 g/mol. The summed E-state index contributed by atoms with van der Waals surface area (Å²) in [6.07, 6.45) is 0.0457. The van der Waals surface area contributed by atoms with Crippen molar-refractivity contribution in [1.82, 2.24) is 10.3 Å². The van der Waals surface area contributed by atoms with Gasteiger partial charge in [0.1, 0.15) is 5.15 Å². The van der Waals surface area contributed by atoms with Gasteiger partial charge in [0.05, 0.1) is 12.7 Å². The van der Waals surface area contributed by atoms with Crippen molar-refractivity contribution in [2.24, 2.45) is 0 Å². The first-order chi connectivity index (χ1) is 6.77. The summed E-state index contributed by atoms with van der Waals surface area (Å²) in [5, 5.41) is 3.82. The van der Waals surface area contributed by atoms with Gasteiger partial charge in [-0.3, -0.25) is 0 Å². The van der Waals surface area contributed by atoms with Crippen molar-refractivity contribution in [2.75, 3.05) is 19.7 Å². The molecule has 2 heterocycles. The lowest BCUT2D eigenvalue weighted by Gasteiger charge is -2.24. The lowest BCUT2D eigenvalue weighted by molar-refractivity contribution is 0.0275. The molecule has 0 aromatic carbocycles. The molecule has 1 aromatic rings. The van der Waals surface area contributed by atoms with Crippen LogP contribution in [0.25, 0.3) is 0 Å². The number of morpholine rings is 1. The first-order valence-corrected chi connectivity index (χ1v) is 5.10. The van der Waals surface area contributed by atoms with Crippen LogP contribution in [0.15, 0.2) is 12.1 Å². The second kappa shape index (κ2) is 4.26. The zero-order chi connectivity index (χ0) is 9.97. The Balaban J connectivity index is 2.22. The second-order valence-electron chi connectivity index (χ2n) is 3.40. The summed E-state index contributed by atoms with van der Waals surface area (Å²) < 4.78 is 5.60. The molecule has 1 atom stereocenters. The summed E-state index contributed by atoms with van der Waals surface area (Å²) in [6, 6.07) is 3.95. The Morgan fingerprint density at radius 1 is 1.57 bits per heavy atom. The third-order valence-electron chi connectivity index (χ3n) is 2.29. The van der Waals surface area contributed by atoms with E-state index in [1.165, 1.54) is 0 Å². The van der Waals surface area contributed by atoms with Crippen LogP contribution in [-0.2, 0) is 4.74 Å². The minimum absolute atomic E-state index is 0.0457. The van der Waals surface area contributed by atoms with Gasteiger partial charge in [0.25, 0.3) is 0 Å². The number of pyridine rings is 1. The van der Waals surface area contributed by atoms with Crippen LogP contribution >= 0.6 is 11.6 Å². The molecule has 0 radical (unpaired) electrons. The smallest absolute Gasteiger partial charge is 0.135 e. The van der Waals surface area contributed by atoms with Crippen molar-refractivity contribution in [3.8, 4) is 0 Å². The molecule has 1 aliphatic rings. The molecule has 14 heavy (non-hydrogen) atoms. The Morgan fingerprint density at radius 2 is 2.43 bits per heavy atom. The highest BCUT2D eigenvalue weighted by atomic mass is 35.5. The normalized spacial score (nSPS) is 22.3. The molecule has 2 rings (SSSR count). The molecule has 1 fully saturated rings. The van der Waals surface area contributed by atoms with Crippen LogP contribution < -0.4 is 5.32 Å². The molecule has 0 bridgehead atoms. The lowest BCUT2D eigenvalue weighted by atomic mass is 10.1. The molecule has 1 unspecified atom stereocenters. The molecule has 76 valence electrons. The number of aromatic nitrogens is 1. The van der Waals surface area contributed by atoms with Crippen LogP contribution in [0.4, 0.5) is 0 Å². The number of hydrogen-bond acceptors (Lipinski definition) is 3. The third kappa shape index (κ3) is 2.05. The Bertz CT molecular complexity index is 324. The maximum atomic E-state index is 6.04. The quantitative estimate of drug-likeness (QED) is 0.720. The number of aryl methyl sites for hydroxylation is 1. The summed E-state index contributed by atoms with van der Waals surface area (Å²) in [7, 11) is 0. The van der Waals surface area contributed by atoms with E-state index in [4.69, 9.17) is 16.3 Å². The Hall–Kier alpha value is -0.640. The van der Waals surface area contributed by atoms with E-state index < -0.39 is 0 Å². The molecule has 0 spiro atoms. The third-order valence-corrected chi connectivity index (χ3v) is 2.59. The molecular weight excluding hydrogens is 200 g/mol. The molecule has 0 saturated carbocycles. The predicted octanol–water partition coefficient (Wildman–Crippen LogP) is 1.70. The zero-order valence-electron chi connectivity index (χ0n) is 8.09. The topological polar surface area (TPSA) is 34.1 Å². The molecule has 0 aliphatic carbocycles. The number of halogens is 1. The minimum Gasteiger partial charge on any atom is -0.371 e. The van der Waals surface area contributed by atoms with Crippen LogP contribution in [0, 0.1) is 6.92 Å². The van der Waals surface area contributed by atoms with Gasteiger partial charge >= 0.3 is 0 Å². The van der Waals surface area contributed by atoms with Gasteiger partial charge in [0.15, 0.2) is 0 Å². The van der Waals surface area contributed by atoms with Gasteiger partial charge in [-0.1, -0.05) is 17.7 Å². The fourth-order valence-electron chi connectivity index (χ4n) is 1.54. The lowest BCUT2D eigenvalue weighted by Crippen LogP contribution is -2.33. The van der Waals surface area contributed by atoms with E-state index in [1.54, 1.807) is 0 Å². The van der Waals surface area contributed by atoms with Crippen molar-refractivity contribution >= 4 is 11.6 Å². The standard InChI is InChI=1S/C10H13ClN2O/c1-7-2-3-8(10(11)13-7)9-6-12-4-5-14-9/h2-3,9,12H,4-6H2,1H3. The highest BCUT2D eigenvalue weighted by molar-refractivity contribution is 6.30. The summed E-state index contributed by atoms with van der Waals surface area (Å²) in [5.74, 6) is 0. The van der Waals surface area contributed by atoms with Crippen molar-refractivity contribution in [3.05, 3.63) is 28.5 Å². The van der Waals surface area contributed by atoms with Crippen molar-refractivity contribution in [2.45, 2.75) is 13.0 Å². The van der Waals surface area contributed by atoms with Crippen molar-refractivity contribution < 1.29 is 4.74 Å². The van der Waals surface area contributed by atoms with Gasteiger partial charge in [0, 0.05) is 24.3 Å². The van der Waals surface area contributed by atoms with Crippen LogP contribution in [0.5, 0.6) is 0 Å². The number of nitrogens with zero attached hydrogens (tertiary/aromatic N) is 1. The zero-order valence-corrected chi connectivity index (χ0v) is 8.84. The highest BCUT2D eigenvalue weighted by Gasteiger charge is 2.18. The maximum Gasteiger partial charge on any atom is 0.135 e. The summed E-state index contributed by atoms with van der Waals surface area (Å²) in [5.41, 5.74) is 1.91. The van der Waals surface area contributed by atoms with E-state index in [1.807, 2.05) is 19.1 Å². The Kier molecular flexibility index (Phi) is 3.01. The van der Waals surface area contributed by atoms with E-state index in [9.17, 15) is 0 Å². The van der Waals surface area contributed by atoms with Gasteiger partial charge in [-0.2, -0.15) is 0 Å². The average molecular weight is 213 g/mol. The number of nitrogens with one attached hydrogen (secondary N) is 1. The minimum atomic E-state index is 0.0457. The van der Waals surface area contributed by atoms with E-state index in [2.05, 4.69) is 10.3 Å². The molecule has 0 amide bonds. The fourth-order valence-corrected chi connectivity index (χ4v) is 1.86. The van der Waals surface area contributed by atoms with E-state index in [0.29, 0.717) is 5.15 Å². The molecule has 4 heteroatoms. The van der Waals surface area contributed by atoms with Gasteiger partial charge in [-0.05, 0) is 13.0 Å². The molecule has 1 N–H and O–H groups in total. The van der Waals surface area contributed by atoms with Crippen LogP contribution in [0.1, 0.15) is 17.4 Å². The Morgan fingerprint density at radius 3 is 3.07 bits per heavy atom. The van der Waals surface area contributed by atoms with Crippen LogP contribution in [-0.4, -0.2) is 24.7 Å². The predicted molar refractivity (Wildman–Crippen MR) is 55.5 cm³/mol. The second-order valence-corrected chi connectivity index (χ2v) is 3.75. The van der Waals surface area contributed by atoms with E-state index in [-0.39, 0.29) is 6.10 Å². The summed E-state index contributed by atoms with van der Waals surface area (Å²) in [4.78, 5) is 4.21. The number of rotatable bonds is 1. The molecule has 1 aromatic heterocycles. The molecular formula is C10H13ClN2O. The van der Waals surface area contributed by atoms with Crippen molar-refractivity contribution in [3.63, 3.8) is 0 Å². The van der Waals surface area contributed by atoms with Gasteiger partial charge < -0.3 is 10.1 Å². The molecule has 3 nitrogen and oxygen atoms in total.